The van der Waals surface area contributed by atoms with Gasteiger partial charge in [-0.05, 0) is 24.0 Å². The molecule has 1 fully saturated rings. The van der Waals surface area contributed by atoms with E-state index in [9.17, 15) is 4.79 Å². The zero-order valence-electron chi connectivity index (χ0n) is 10.7. The van der Waals surface area contributed by atoms with Crippen LogP contribution in [-0.4, -0.2) is 19.6 Å². The van der Waals surface area contributed by atoms with Crippen LogP contribution in [0, 0.1) is 0 Å². The molecule has 0 bridgehead atoms. The third-order valence-electron chi connectivity index (χ3n) is 3.22. The van der Waals surface area contributed by atoms with Crippen LogP contribution in [0.2, 0.25) is 0 Å². The predicted molar refractivity (Wildman–Crippen MR) is 68.7 cm³/mol. The summed E-state index contributed by atoms with van der Waals surface area (Å²) in [5.74, 6) is 1.51. The minimum absolute atomic E-state index is 0.212. The zero-order chi connectivity index (χ0) is 12.4. The van der Waals surface area contributed by atoms with Gasteiger partial charge in [-0.1, -0.05) is 19.9 Å². The summed E-state index contributed by atoms with van der Waals surface area (Å²) < 4.78 is 5.40. The summed E-state index contributed by atoms with van der Waals surface area (Å²) in [6.07, 6.45) is 1.61. The normalized spacial score (nSPS) is 15.8. The van der Waals surface area contributed by atoms with Crippen LogP contribution < -0.4 is 9.64 Å². The van der Waals surface area contributed by atoms with Crippen molar-refractivity contribution in [3.63, 3.8) is 0 Å². The molecule has 0 aliphatic carbocycles. The Morgan fingerprint density at radius 1 is 1.35 bits per heavy atom. The minimum atomic E-state index is 0.212. The highest BCUT2D eigenvalue weighted by molar-refractivity contribution is 5.95. The monoisotopic (exact) mass is 233 g/mol. The molecular weight excluding hydrogens is 214 g/mol. The number of carbonyl (C=O) groups excluding carboxylic acids is 1. The maximum Gasteiger partial charge on any atom is 0.227 e. The first kappa shape index (κ1) is 12.0. The van der Waals surface area contributed by atoms with Crippen LogP contribution in [0.1, 0.15) is 38.2 Å². The Kier molecular flexibility index (Phi) is 3.36. The van der Waals surface area contributed by atoms with Gasteiger partial charge in [0.1, 0.15) is 5.75 Å². The second-order valence-corrected chi connectivity index (χ2v) is 4.73. The predicted octanol–water partition coefficient (Wildman–Crippen LogP) is 2.95. The van der Waals surface area contributed by atoms with Crippen molar-refractivity contribution in [3.8, 4) is 5.75 Å². The molecule has 2 rings (SSSR count). The second kappa shape index (κ2) is 4.78. The Morgan fingerprint density at radius 3 is 2.65 bits per heavy atom. The van der Waals surface area contributed by atoms with E-state index in [1.54, 1.807) is 7.11 Å². The van der Waals surface area contributed by atoms with Crippen LogP contribution in [0.4, 0.5) is 5.69 Å². The summed E-state index contributed by atoms with van der Waals surface area (Å²) in [6.45, 7) is 5.10. The number of ether oxygens (including phenoxy) is 1. The van der Waals surface area contributed by atoms with Gasteiger partial charge in [0.15, 0.2) is 0 Å². The number of carbonyl (C=O) groups is 1. The van der Waals surface area contributed by atoms with E-state index in [2.05, 4.69) is 19.9 Å². The molecule has 1 saturated heterocycles. The molecule has 1 amide bonds. The van der Waals surface area contributed by atoms with Gasteiger partial charge >= 0.3 is 0 Å². The molecule has 0 radical (unpaired) electrons. The van der Waals surface area contributed by atoms with E-state index < -0.39 is 0 Å². The minimum Gasteiger partial charge on any atom is -0.496 e. The smallest absolute Gasteiger partial charge is 0.227 e. The van der Waals surface area contributed by atoms with E-state index in [0.717, 1.165) is 24.4 Å². The van der Waals surface area contributed by atoms with Crippen molar-refractivity contribution in [1.29, 1.82) is 0 Å². The van der Waals surface area contributed by atoms with Crippen molar-refractivity contribution in [3.05, 3.63) is 23.8 Å². The lowest BCUT2D eigenvalue weighted by atomic mass is 10.0. The summed E-state index contributed by atoms with van der Waals surface area (Å²) in [5.41, 5.74) is 2.14. The molecule has 92 valence electrons. The van der Waals surface area contributed by atoms with Crippen LogP contribution >= 0.6 is 0 Å². The lowest BCUT2D eigenvalue weighted by Gasteiger charge is -2.19. The first-order chi connectivity index (χ1) is 8.13. The summed E-state index contributed by atoms with van der Waals surface area (Å²) in [5, 5.41) is 0. The van der Waals surface area contributed by atoms with Crippen LogP contribution in [0.3, 0.4) is 0 Å². The third-order valence-corrected chi connectivity index (χ3v) is 3.22. The van der Waals surface area contributed by atoms with Gasteiger partial charge in [-0.25, -0.2) is 0 Å². The maximum atomic E-state index is 11.7. The summed E-state index contributed by atoms with van der Waals surface area (Å²) >= 11 is 0. The molecule has 1 aromatic carbocycles. The van der Waals surface area contributed by atoms with Crippen molar-refractivity contribution >= 4 is 11.6 Å². The first-order valence-electron chi connectivity index (χ1n) is 6.11. The third kappa shape index (κ3) is 2.28. The van der Waals surface area contributed by atoms with E-state index >= 15 is 0 Å². The fraction of sp³-hybridized carbons (Fsp3) is 0.500. The van der Waals surface area contributed by atoms with E-state index in [1.165, 1.54) is 5.56 Å². The van der Waals surface area contributed by atoms with Crippen LogP contribution in [0.25, 0.3) is 0 Å². The second-order valence-electron chi connectivity index (χ2n) is 4.73. The highest BCUT2D eigenvalue weighted by Crippen LogP contribution is 2.32. The summed E-state index contributed by atoms with van der Waals surface area (Å²) in [6, 6.07) is 6.05. The number of hydrogen-bond donors (Lipinski definition) is 0. The fourth-order valence-corrected chi connectivity index (χ4v) is 2.27. The van der Waals surface area contributed by atoms with Crippen LogP contribution in [0.15, 0.2) is 18.2 Å². The average molecular weight is 233 g/mol. The summed E-state index contributed by atoms with van der Waals surface area (Å²) in [4.78, 5) is 13.5. The van der Waals surface area contributed by atoms with E-state index in [4.69, 9.17) is 4.74 Å². The Balaban J connectivity index is 2.34. The Morgan fingerprint density at radius 2 is 2.12 bits per heavy atom. The van der Waals surface area contributed by atoms with E-state index in [1.807, 2.05) is 17.0 Å². The SMILES string of the molecule is COc1cc(N2CCCC2=O)ccc1C(C)C. The molecule has 0 spiro atoms. The van der Waals surface area contributed by atoms with Gasteiger partial charge in [0.05, 0.1) is 7.11 Å². The number of rotatable bonds is 3. The number of hydrogen-bond acceptors (Lipinski definition) is 2. The van der Waals surface area contributed by atoms with Gasteiger partial charge in [0.25, 0.3) is 0 Å². The molecule has 0 aromatic heterocycles. The zero-order valence-corrected chi connectivity index (χ0v) is 10.7. The molecule has 3 nitrogen and oxygen atoms in total. The van der Waals surface area contributed by atoms with Gasteiger partial charge in [-0.2, -0.15) is 0 Å². The van der Waals surface area contributed by atoms with Crippen molar-refractivity contribution in [2.75, 3.05) is 18.6 Å². The highest BCUT2D eigenvalue weighted by atomic mass is 16.5. The van der Waals surface area contributed by atoms with Crippen molar-refractivity contribution < 1.29 is 9.53 Å². The Bertz CT molecular complexity index is 426. The molecule has 1 heterocycles. The average Bonchev–Trinajstić information content (AvgIpc) is 2.74. The first-order valence-corrected chi connectivity index (χ1v) is 6.11. The Labute approximate surface area is 102 Å². The topological polar surface area (TPSA) is 29.5 Å². The standard InChI is InChI=1S/C14H19NO2/c1-10(2)12-7-6-11(9-13(12)17-3)15-8-4-5-14(15)16/h6-7,9-10H,4-5,8H2,1-3H3. The fourth-order valence-electron chi connectivity index (χ4n) is 2.27. The van der Waals surface area contributed by atoms with Gasteiger partial charge < -0.3 is 9.64 Å². The quantitative estimate of drug-likeness (QED) is 0.803. The number of nitrogens with zero attached hydrogens (tertiary/aromatic N) is 1. The highest BCUT2D eigenvalue weighted by Gasteiger charge is 2.22. The lowest BCUT2D eigenvalue weighted by molar-refractivity contribution is -0.117. The summed E-state index contributed by atoms with van der Waals surface area (Å²) in [7, 11) is 1.68. The van der Waals surface area contributed by atoms with Gasteiger partial charge in [-0.3, -0.25) is 4.79 Å². The van der Waals surface area contributed by atoms with E-state index in [0.29, 0.717) is 12.3 Å². The lowest BCUT2D eigenvalue weighted by Crippen LogP contribution is -2.23. The number of amides is 1. The molecule has 3 heteroatoms. The number of methoxy groups -OCH3 is 1. The molecule has 0 unspecified atom stereocenters. The van der Waals surface area contributed by atoms with Crippen molar-refractivity contribution in [2.24, 2.45) is 0 Å². The van der Waals surface area contributed by atoms with Gasteiger partial charge in [-0.15, -0.1) is 0 Å². The van der Waals surface area contributed by atoms with Crippen molar-refractivity contribution in [2.45, 2.75) is 32.6 Å². The molecule has 17 heavy (non-hydrogen) atoms. The van der Waals surface area contributed by atoms with Crippen LogP contribution in [0.5, 0.6) is 5.75 Å². The maximum absolute atomic E-state index is 11.7. The molecule has 0 N–H and O–H groups in total. The number of anilines is 1. The largest absolute Gasteiger partial charge is 0.496 e. The van der Waals surface area contributed by atoms with E-state index in [-0.39, 0.29) is 5.91 Å². The molecule has 1 aromatic rings. The molecular formula is C14H19NO2. The molecule has 0 saturated carbocycles. The van der Waals surface area contributed by atoms with Gasteiger partial charge in [0.2, 0.25) is 5.91 Å². The van der Waals surface area contributed by atoms with Gasteiger partial charge in [0, 0.05) is 24.7 Å². The number of benzene rings is 1. The molecule has 1 aliphatic rings. The molecule has 0 atom stereocenters. The van der Waals surface area contributed by atoms with Crippen LogP contribution in [-0.2, 0) is 4.79 Å². The van der Waals surface area contributed by atoms with Crippen molar-refractivity contribution in [1.82, 2.24) is 0 Å². The molecule has 1 aliphatic heterocycles. The Hall–Kier alpha value is -1.51.